The fourth-order valence-corrected chi connectivity index (χ4v) is 3.23. The van der Waals surface area contributed by atoms with Crippen molar-refractivity contribution < 1.29 is 4.84 Å². The molecule has 0 radical (unpaired) electrons. The normalized spacial score (nSPS) is 22.3. The number of nitrogens with zero attached hydrogens (tertiary/aromatic N) is 2. The smallest absolute Gasteiger partial charge is 0.158 e. The van der Waals surface area contributed by atoms with E-state index in [2.05, 4.69) is 33.0 Å². The molecule has 122 valence electrons. The van der Waals surface area contributed by atoms with E-state index < -0.39 is 0 Å². The van der Waals surface area contributed by atoms with Crippen LogP contribution in [0.15, 0.2) is 59.7 Å². The Labute approximate surface area is 145 Å². The van der Waals surface area contributed by atoms with Gasteiger partial charge in [-0.1, -0.05) is 16.8 Å². The quantitative estimate of drug-likeness (QED) is 0.663. The number of halogens is 1. The third-order valence-corrected chi connectivity index (χ3v) is 4.55. The molecule has 0 saturated carbocycles. The highest BCUT2D eigenvalue weighted by Gasteiger charge is 2.33. The zero-order valence-corrected chi connectivity index (χ0v) is 13.7. The molecule has 1 aromatic heterocycles. The van der Waals surface area contributed by atoms with Crippen molar-refractivity contribution in [3.05, 3.63) is 70.6 Å². The van der Waals surface area contributed by atoms with E-state index in [1.807, 2.05) is 6.20 Å². The molecule has 2 N–H and O–H groups in total. The van der Waals surface area contributed by atoms with Crippen molar-refractivity contribution in [2.75, 3.05) is 13.1 Å². The number of pyridine rings is 1. The Morgan fingerprint density at radius 1 is 1.21 bits per heavy atom. The maximum atomic E-state index is 5.84. The lowest BCUT2D eigenvalue weighted by atomic mass is 9.96. The van der Waals surface area contributed by atoms with E-state index in [1.54, 1.807) is 36.7 Å². The van der Waals surface area contributed by atoms with Gasteiger partial charge in [0.05, 0.1) is 12.3 Å². The molecule has 0 aliphatic carbocycles. The molecule has 2 aliphatic heterocycles. The van der Waals surface area contributed by atoms with Gasteiger partial charge in [0.2, 0.25) is 0 Å². The second-order valence-electron chi connectivity index (χ2n) is 5.92. The minimum Gasteiger partial charge on any atom is -0.390 e. The van der Waals surface area contributed by atoms with Crippen LogP contribution in [0.4, 0.5) is 0 Å². The Balaban J connectivity index is 1.46. The molecule has 4 rings (SSSR count). The Hall–Kier alpha value is -2.37. The van der Waals surface area contributed by atoms with Crippen LogP contribution in [0.3, 0.4) is 0 Å². The zero-order chi connectivity index (χ0) is 16.4. The third kappa shape index (κ3) is 3.13. The van der Waals surface area contributed by atoms with Gasteiger partial charge in [0.15, 0.2) is 5.75 Å². The van der Waals surface area contributed by atoms with E-state index in [4.69, 9.17) is 16.4 Å². The van der Waals surface area contributed by atoms with E-state index in [9.17, 15) is 0 Å². The first-order chi connectivity index (χ1) is 11.8. The third-order valence-electron chi connectivity index (χ3n) is 4.29. The number of nitrogens with one attached hydrogen (secondary N) is 2. The summed E-state index contributed by atoms with van der Waals surface area (Å²) in [5, 5.41) is 11.6. The van der Waals surface area contributed by atoms with Crippen molar-refractivity contribution in [3.8, 4) is 5.75 Å². The Bertz CT molecular complexity index is 788. The fraction of sp³-hybridized carbons (Fsp3) is 0.222. The van der Waals surface area contributed by atoms with Gasteiger partial charge in [-0.05, 0) is 47.7 Å². The van der Waals surface area contributed by atoms with Crippen LogP contribution in [0.2, 0.25) is 5.02 Å². The van der Waals surface area contributed by atoms with Crippen LogP contribution in [-0.4, -0.2) is 24.3 Å². The number of hydrogen-bond acceptors (Lipinski definition) is 5. The molecular formula is C18H17ClN4O. The van der Waals surface area contributed by atoms with Gasteiger partial charge < -0.3 is 15.5 Å². The maximum absolute atomic E-state index is 5.84. The molecule has 2 atom stereocenters. The summed E-state index contributed by atoms with van der Waals surface area (Å²) in [6.07, 6.45) is 7.46. The van der Waals surface area contributed by atoms with Crippen LogP contribution in [-0.2, 0) is 0 Å². The predicted octanol–water partition coefficient (Wildman–Crippen LogP) is 2.90. The molecule has 1 unspecified atom stereocenters. The second kappa shape index (κ2) is 6.63. The van der Waals surface area contributed by atoms with Crippen LogP contribution >= 0.6 is 11.6 Å². The molecule has 1 saturated heterocycles. The lowest BCUT2D eigenvalue weighted by molar-refractivity contribution is 0.344. The van der Waals surface area contributed by atoms with Crippen LogP contribution in [0.5, 0.6) is 5.75 Å². The van der Waals surface area contributed by atoms with Gasteiger partial charge in [0, 0.05) is 42.0 Å². The van der Waals surface area contributed by atoms with Crippen LogP contribution < -0.4 is 15.5 Å². The van der Waals surface area contributed by atoms with Crippen molar-refractivity contribution in [2.24, 2.45) is 11.1 Å². The Morgan fingerprint density at radius 2 is 2.08 bits per heavy atom. The first kappa shape index (κ1) is 15.2. The topological polar surface area (TPSA) is 58.5 Å². The van der Waals surface area contributed by atoms with Gasteiger partial charge >= 0.3 is 0 Å². The number of rotatable bonds is 4. The Morgan fingerprint density at radius 3 is 2.96 bits per heavy atom. The van der Waals surface area contributed by atoms with Crippen molar-refractivity contribution in [1.82, 2.24) is 15.6 Å². The highest BCUT2D eigenvalue weighted by Crippen LogP contribution is 2.34. The second-order valence-corrected chi connectivity index (χ2v) is 6.36. The summed E-state index contributed by atoms with van der Waals surface area (Å²) >= 11 is 5.84. The predicted molar refractivity (Wildman–Crippen MR) is 94.2 cm³/mol. The summed E-state index contributed by atoms with van der Waals surface area (Å²) in [5.74, 6) is 1.22. The molecule has 2 aromatic rings. The zero-order valence-electron chi connectivity index (χ0n) is 12.9. The highest BCUT2D eigenvalue weighted by molar-refractivity contribution is 6.30. The lowest BCUT2D eigenvalue weighted by Crippen LogP contribution is -2.18. The summed E-state index contributed by atoms with van der Waals surface area (Å²) in [4.78, 5) is 9.67. The van der Waals surface area contributed by atoms with E-state index in [-0.39, 0.29) is 6.04 Å². The van der Waals surface area contributed by atoms with E-state index in [1.165, 1.54) is 5.57 Å². The molecule has 0 amide bonds. The first-order valence-electron chi connectivity index (χ1n) is 7.87. The van der Waals surface area contributed by atoms with Crippen molar-refractivity contribution in [1.29, 1.82) is 0 Å². The van der Waals surface area contributed by atoms with E-state index >= 15 is 0 Å². The monoisotopic (exact) mass is 340 g/mol. The molecule has 2 aliphatic rings. The fourth-order valence-electron chi connectivity index (χ4n) is 3.10. The van der Waals surface area contributed by atoms with Crippen LogP contribution in [0.25, 0.3) is 0 Å². The molecule has 24 heavy (non-hydrogen) atoms. The summed E-state index contributed by atoms with van der Waals surface area (Å²) in [5.41, 5.74) is 3.45. The number of aromatic nitrogens is 1. The van der Waals surface area contributed by atoms with Gasteiger partial charge in [-0.3, -0.25) is 4.98 Å². The molecule has 0 bridgehead atoms. The molecule has 5 nitrogen and oxygen atoms in total. The number of fused-ring (bicyclic) bond motifs is 1. The molecule has 0 spiro atoms. The molecular weight excluding hydrogens is 324 g/mol. The van der Waals surface area contributed by atoms with Gasteiger partial charge in [0.25, 0.3) is 0 Å². The molecule has 3 heterocycles. The summed E-state index contributed by atoms with van der Waals surface area (Å²) < 4.78 is 0. The van der Waals surface area contributed by atoms with E-state index in [0.29, 0.717) is 16.7 Å². The van der Waals surface area contributed by atoms with Crippen LogP contribution in [0.1, 0.15) is 17.2 Å². The summed E-state index contributed by atoms with van der Waals surface area (Å²) in [6, 6.07) is 9.39. The summed E-state index contributed by atoms with van der Waals surface area (Å²) in [6.45, 7) is 2.02. The van der Waals surface area contributed by atoms with Gasteiger partial charge in [-0.2, -0.15) is 0 Å². The van der Waals surface area contributed by atoms with Gasteiger partial charge in [0.1, 0.15) is 0 Å². The SMILES string of the molecule is Clc1ccc(ON=Cc2cncc(C3NC[C@H]4CNC=C34)c2)cc1. The number of oxime groups is 1. The molecule has 1 aromatic carbocycles. The van der Waals surface area contributed by atoms with E-state index in [0.717, 1.165) is 24.2 Å². The Kier molecular flexibility index (Phi) is 4.19. The van der Waals surface area contributed by atoms with Crippen molar-refractivity contribution in [3.63, 3.8) is 0 Å². The standard InChI is InChI=1S/C18H17ClN4O/c19-15-1-3-16(4-2-15)24-23-7-12-5-13(8-20-6-12)18-17-11-21-9-14(17)10-22-18/h1-8,11,14,18,21-22H,9-10H2/t14-,18?/m1/s1. The minimum absolute atomic E-state index is 0.225. The maximum Gasteiger partial charge on any atom is 0.158 e. The lowest BCUT2D eigenvalue weighted by Gasteiger charge is -2.12. The molecule has 1 fully saturated rings. The number of hydrogen-bond donors (Lipinski definition) is 2. The average Bonchev–Trinajstić information content (AvgIpc) is 3.20. The van der Waals surface area contributed by atoms with Crippen LogP contribution in [0, 0.1) is 5.92 Å². The molecule has 6 heteroatoms. The van der Waals surface area contributed by atoms with Gasteiger partial charge in [-0.15, -0.1) is 0 Å². The minimum atomic E-state index is 0.225. The average molecular weight is 341 g/mol. The van der Waals surface area contributed by atoms with Crippen molar-refractivity contribution >= 4 is 17.8 Å². The number of benzene rings is 1. The largest absolute Gasteiger partial charge is 0.390 e. The van der Waals surface area contributed by atoms with Crippen molar-refractivity contribution in [2.45, 2.75) is 6.04 Å². The highest BCUT2D eigenvalue weighted by atomic mass is 35.5. The summed E-state index contributed by atoms with van der Waals surface area (Å²) in [7, 11) is 0. The van der Waals surface area contributed by atoms with Gasteiger partial charge in [-0.25, -0.2) is 0 Å². The first-order valence-corrected chi connectivity index (χ1v) is 8.25.